The summed E-state index contributed by atoms with van der Waals surface area (Å²) in [5.74, 6) is 0.344. The van der Waals surface area contributed by atoms with Crippen molar-refractivity contribution in [3.63, 3.8) is 0 Å². The van der Waals surface area contributed by atoms with Crippen molar-refractivity contribution in [3.8, 4) is 0 Å². The Morgan fingerprint density at radius 1 is 1.30 bits per heavy atom. The molecule has 2 aromatic rings. The molecule has 0 spiro atoms. The number of hydrogen-bond acceptors (Lipinski definition) is 2. The molecule has 0 fully saturated rings. The lowest BCUT2D eigenvalue weighted by molar-refractivity contribution is 0.0936. The van der Waals surface area contributed by atoms with Crippen LogP contribution in [0.1, 0.15) is 32.6 Å². The van der Waals surface area contributed by atoms with Gasteiger partial charge in [-0.25, -0.2) is 0 Å². The van der Waals surface area contributed by atoms with Crippen molar-refractivity contribution in [2.75, 3.05) is 0 Å². The predicted octanol–water partition coefficient (Wildman–Crippen LogP) is 4.06. The van der Waals surface area contributed by atoms with Gasteiger partial charge in [-0.1, -0.05) is 6.07 Å². The van der Waals surface area contributed by atoms with Gasteiger partial charge in [-0.3, -0.25) is 9.78 Å². The van der Waals surface area contributed by atoms with Crippen LogP contribution in [0.25, 0.3) is 0 Å². The van der Waals surface area contributed by atoms with E-state index in [1.165, 1.54) is 16.7 Å². The van der Waals surface area contributed by atoms with E-state index in [4.69, 9.17) is 0 Å². The molecular formula is C17H16BrNO. The molecule has 1 aromatic carbocycles. The molecule has 3 rings (SSSR count). The summed E-state index contributed by atoms with van der Waals surface area (Å²) >= 11 is 3.51. The van der Waals surface area contributed by atoms with Crippen LogP contribution in [-0.2, 0) is 12.8 Å². The minimum Gasteiger partial charge on any atom is -0.294 e. The van der Waals surface area contributed by atoms with Gasteiger partial charge in [0.25, 0.3) is 0 Å². The molecule has 0 saturated carbocycles. The molecule has 1 unspecified atom stereocenters. The summed E-state index contributed by atoms with van der Waals surface area (Å²) in [5.41, 5.74) is 5.74. The third-order valence-corrected chi connectivity index (χ3v) is 4.86. The van der Waals surface area contributed by atoms with Crippen LogP contribution >= 0.6 is 15.9 Å². The number of pyridine rings is 1. The van der Waals surface area contributed by atoms with Gasteiger partial charge in [0.2, 0.25) is 0 Å². The van der Waals surface area contributed by atoms with Crippen LogP contribution in [0.2, 0.25) is 0 Å². The van der Waals surface area contributed by atoms with Gasteiger partial charge in [0.05, 0.1) is 0 Å². The molecule has 3 heteroatoms. The predicted molar refractivity (Wildman–Crippen MR) is 83.1 cm³/mol. The first-order valence-electron chi connectivity index (χ1n) is 6.79. The molecule has 1 aliphatic rings. The van der Waals surface area contributed by atoms with Crippen molar-refractivity contribution in [1.82, 2.24) is 4.98 Å². The second kappa shape index (κ2) is 5.13. The lowest BCUT2D eigenvalue weighted by Gasteiger charge is -2.09. The molecule has 1 aliphatic carbocycles. The number of halogens is 1. The molecule has 20 heavy (non-hydrogen) atoms. The molecule has 0 aliphatic heterocycles. The maximum Gasteiger partial charge on any atom is 0.166 e. The van der Waals surface area contributed by atoms with E-state index in [0.717, 1.165) is 28.4 Å². The van der Waals surface area contributed by atoms with E-state index in [2.05, 4.69) is 46.9 Å². The Kier molecular flexibility index (Phi) is 3.47. The maximum absolute atomic E-state index is 12.5. The second-order valence-electron chi connectivity index (χ2n) is 5.53. The van der Waals surface area contributed by atoms with Crippen LogP contribution in [0, 0.1) is 19.8 Å². The molecule has 1 atom stereocenters. The summed E-state index contributed by atoms with van der Waals surface area (Å²) in [6, 6.07) is 6.20. The largest absolute Gasteiger partial charge is 0.294 e. The van der Waals surface area contributed by atoms with Gasteiger partial charge in [0.1, 0.15) is 0 Å². The molecule has 0 bridgehead atoms. The van der Waals surface area contributed by atoms with Crippen LogP contribution in [0.5, 0.6) is 0 Å². The van der Waals surface area contributed by atoms with Crippen LogP contribution < -0.4 is 0 Å². The number of Topliss-reactive ketones (excluding diaryl/α,β-unsaturated/α-hetero) is 1. The van der Waals surface area contributed by atoms with E-state index < -0.39 is 0 Å². The molecule has 1 heterocycles. The zero-order valence-corrected chi connectivity index (χ0v) is 13.2. The van der Waals surface area contributed by atoms with Crippen LogP contribution in [0.15, 0.2) is 35.1 Å². The second-order valence-corrected chi connectivity index (χ2v) is 6.38. The fourth-order valence-electron chi connectivity index (χ4n) is 2.85. The Morgan fingerprint density at radius 2 is 2.05 bits per heavy atom. The van der Waals surface area contributed by atoms with Gasteiger partial charge in [-0.05, 0) is 77.0 Å². The highest BCUT2D eigenvalue weighted by Gasteiger charge is 2.31. The van der Waals surface area contributed by atoms with Gasteiger partial charge in [0, 0.05) is 28.3 Å². The SMILES string of the molecule is Cc1cc2c(cc1C)C(=O)C(Cc1ccncc1Br)C2. The van der Waals surface area contributed by atoms with Crippen molar-refractivity contribution < 1.29 is 4.79 Å². The number of aromatic nitrogens is 1. The minimum absolute atomic E-state index is 0.0601. The van der Waals surface area contributed by atoms with Crippen molar-refractivity contribution in [2.24, 2.45) is 5.92 Å². The Balaban J connectivity index is 1.89. The zero-order chi connectivity index (χ0) is 14.3. The topological polar surface area (TPSA) is 30.0 Å². The summed E-state index contributed by atoms with van der Waals surface area (Å²) in [6.45, 7) is 4.17. The average Bonchev–Trinajstić information content (AvgIpc) is 2.70. The van der Waals surface area contributed by atoms with E-state index >= 15 is 0 Å². The highest BCUT2D eigenvalue weighted by molar-refractivity contribution is 9.10. The lowest BCUT2D eigenvalue weighted by atomic mass is 9.96. The van der Waals surface area contributed by atoms with Crippen LogP contribution in [0.4, 0.5) is 0 Å². The smallest absolute Gasteiger partial charge is 0.166 e. The number of carbonyl (C=O) groups is 1. The summed E-state index contributed by atoms with van der Waals surface area (Å²) < 4.78 is 0.983. The molecule has 0 amide bonds. The molecule has 2 nitrogen and oxygen atoms in total. The number of aryl methyl sites for hydroxylation is 2. The summed E-state index contributed by atoms with van der Waals surface area (Å²) in [7, 11) is 0. The monoisotopic (exact) mass is 329 g/mol. The quantitative estimate of drug-likeness (QED) is 0.831. The van der Waals surface area contributed by atoms with E-state index in [0.29, 0.717) is 0 Å². The van der Waals surface area contributed by atoms with Crippen LogP contribution in [-0.4, -0.2) is 10.8 Å². The first kappa shape index (κ1) is 13.5. The highest BCUT2D eigenvalue weighted by Crippen LogP contribution is 2.32. The third kappa shape index (κ3) is 2.31. The first-order chi connectivity index (χ1) is 9.56. The highest BCUT2D eigenvalue weighted by atomic mass is 79.9. The zero-order valence-electron chi connectivity index (χ0n) is 11.6. The maximum atomic E-state index is 12.5. The summed E-state index contributed by atoms with van der Waals surface area (Å²) in [4.78, 5) is 16.6. The molecule has 1 aromatic heterocycles. The summed E-state index contributed by atoms with van der Waals surface area (Å²) in [5, 5.41) is 0. The van der Waals surface area contributed by atoms with Crippen molar-refractivity contribution >= 4 is 21.7 Å². The number of rotatable bonds is 2. The fraction of sp³-hybridized carbons (Fsp3) is 0.294. The Labute approximate surface area is 127 Å². The fourth-order valence-corrected chi connectivity index (χ4v) is 3.26. The summed E-state index contributed by atoms with van der Waals surface area (Å²) in [6.07, 6.45) is 5.19. The number of hydrogen-bond donors (Lipinski definition) is 0. The van der Waals surface area contributed by atoms with Gasteiger partial charge < -0.3 is 0 Å². The van der Waals surface area contributed by atoms with Crippen molar-refractivity contribution in [3.05, 3.63) is 62.9 Å². The first-order valence-corrected chi connectivity index (χ1v) is 7.58. The van der Waals surface area contributed by atoms with E-state index in [-0.39, 0.29) is 11.7 Å². The molecule has 0 N–H and O–H groups in total. The number of benzene rings is 1. The Morgan fingerprint density at radius 3 is 2.80 bits per heavy atom. The Hall–Kier alpha value is -1.48. The van der Waals surface area contributed by atoms with Gasteiger partial charge in [0.15, 0.2) is 5.78 Å². The van der Waals surface area contributed by atoms with Crippen molar-refractivity contribution in [1.29, 1.82) is 0 Å². The number of fused-ring (bicyclic) bond motifs is 1. The van der Waals surface area contributed by atoms with Gasteiger partial charge in [-0.2, -0.15) is 0 Å². The molecule has 102 valence electrons. The van der Waals surface area contributed by atoms with Gasteiger partial charge >= 0.3 is 0 Å². The average molecular weight is 330 g/mol. The normalized spacial score (nSPS) is 17.4. The van der Waals surface area contributed by atoms with Crippen LogP contribution in [0.3, 0.4) is 0 Å². The van der Waals surface area contributed by atoms with Crippen molar-refractivity contribution in [2.45, 2.75) is 26.7 Å². The molecular weight excluding hydrogens is 314 g/mol. The lowest BCUT2D eigenvalue weighted by Crippen LogP contribution is -2.12. The van der Waals surface area contributed by atoms with E-state index in [1.54, 1.807) is 12.4 Å². The molecule has 0 saturated heterocycles. The Bertz CT molecular complexity index is 693. The van der Waals surface area contributed by atoms with E-state index in [1.807, 2.05) is 6.07 Å². The van der Waals surface area contributed by atoms with Gasteiger partial charge in [-0.15, -0.1) is 0 Å². The standard InChI is InChI=1S/C17H16BrNO/c1-10-5-13-8-14(17(20)15(13)6-11(10)2)7-12-3-4-19-9-16(12)18/h3-6,9,14H,7-8H2,1-2H3. The molecule has 0 radical (unpaired) electrons. The number of nitrogens with zero attached hydrogens (tertiary/aromatic N) is 1. The van der Waals surface area contributed by atoms with E-state index in [9.17, 15) is 4.79 Å². The third-order valence-electron chi connectivity index (χ3n) is 4.14. The minimum atomic E-state index is 0.0601. The number of carbonyl (C=O) groups excluding carboxylic acids is 1. The number of ketones is 1.